The number of hydrogen-bond acceptors (Lipinski definition) is 5. The lowest BCUT2D eigenvalue weighted by Crippen LogP contribution is -2.36. The van der Waals surface area contributed by atoms with Crippen LogP contribution < -0.4 is 5.32 Å². The van der Waals surface area contributed by atoms with Crippen LogP contribution in [0, 0.1) is 0 Å². The van der Waals surface area contributed by atoms with Gasteiger partial charge in [-0.15, -0.1) is 11.3 Å². The Hall–Kier alpha value is -1.74. The van der Waals surface area contributed by atoms with Gasteiger partial charge in [-0.3, -0.25) is 9.69 Å². The van der Waals surface area contributed by atoms with E-state index < -0.39 is 10.0 Å². The van der Waals surface area contributed by atoms with Crippen LogP contribution in [-0.2, 0) is 10.0 Å². The maximum Gasteiger partial charge on any atom is 0.251 e. The van der Waals surface area contributed by atoms with Crippen molar-refractivity contribution in [3.05, 3.63) is 52.2 Å². The van der Waals surface area contributed by atoms with Crippen LogP contribution in [0.4, 0.5) is 0 Å². The Morgan fingerprint density at radius 2 is 1.96 bits per heavy atom. The van der Waals surface area contributed by atoms with Gasteiger partial charge >= 0.3 is 0 Å². The molecule has 1 aliphatic rings. The summed E-state index contributed by atoms with van der Waals surface area (Å²) < 4.78 is 25.7. The third-order valence-corrected chi connectivity index (χ3v) is 7.57. The van der Waals surface area contributed by atoms with Crippen LogP contribution in [0.15, 0.2) is 46.7 Å². The fourth-order valence-corrected chi connectivity index (χ4v) is 5.05. The van der Waals surface area contributed by atoms with Crippen LogP contribution in [-0.4, -0.2) is 57.3 Å². The van der Waals surface area contributed by atoms with Gasteiger partial charge in [-0.2, -0.15) is 0 Å². The number of carbonyl (C=O) groups excluding carboxylic acids is 1. The first kappa shape index (κ1) is 20.0. The minimum absolute atomic E-state index is 0.120. The molecule has 1 N–H and O–H groups in total. The summed E-state index contributed by atoms with van der Waals surface area (Å²) in [6.45, 7) is 2.58. The minimum atomic E-state index is -3.57. The summed E-state index contributed by atoms with van der Waals surface area (Å²) in [5.41, 5.74) is 0.351. The Morgan fingerprint density at radius 3 is 2.59 bits per heavy atom. The second-order valence-electron chi connectivity index (χ2n) is 6.80. The molecule has 27 heavy (non-hydrogen) atoms. The molecule has 1 atom stereocenters. The van der Waals surface area contributed by atoms with E-state index in [-0.39, 0.29) is 16.8 Å². The lowest BCUT2D eigenvalue weighted by atomic mass is 10.2. The largest absolute Gasteiger partial charge is 0.350 e. The summed E-state index contributed by atoms with van der Waals surface area (Å²) in [4.78, 5) is 16.4. The van der Waals surface area contributed by atoms with Crippen LogP contribution >= 0.6 is 11.3 Å². The number of amides is 1. The molecule has 0 aliphatic carbocycles. The average Bonchev–Trinajstić information content (AvgIpc) is 3.36. The van der Waals surface area contributed by atoms with Gasteiger partial charge in [0.2, 0.25) is 10.0 Å². The van der Waals surface area contributed by atoms with E-state index in [2.05, 4.69) is 21.7 Å². The van der Waals surface area contributed by atoms with Crippen molar-refractivity contribution in [2.24, 2.45) is 0 Å². The Kier molecular flexibility index (Phi) is 6.31. The van der Waals surface area contributed by atoms with E-state index >= 15 is 0 Å². The standard InChI is InChI=1S/C19H25N3O3S2/c1-21(2)27(24,25)16-8-5-7-15(13-16)19(23)20-14-17(18-9-6-12-26-18)22-10-3-4-11-22/h5-9,12-13,17H,3-4,10-11,14H2,1-2H3,(H,20,23)/t17-/m0/s1. The van der Waals surface area contributed by atoms with Gasteiger partial charge in [0.15, 0.2) is 0 Å². The van der Waals surface area contributed by atoms with E-state index in [0.717, 1.165) is 17.4 Å². The topological polar surface area (TPSA) is 69.7 Å². The van der Waals surface area contributed by atoms with Crippen molar-refractivity contribution in [1.29, 1.82) is 0 Å². The maximum absolute atomic E-state index is 12.6. The number of rotatable bonds is 7. The van der Waals surface area contributed by atoms with Crippen LogP contribution in [0.3, 0.4) is 0 Å². The van der Waals surface area contributed by atoms with Gasteiger partial charge in [-0.05, 0) is 55.6 Å². The molecule has 6 nitrogen and oxygen atoms in total. The zero-order valence-corrected chi connectivity index (χ0v) is 17.2. The summed E-state index contributed by atoms with van der Waals surface area (Å²) in [7, 11) is -0.614. The number of hydrogen-bond donors (Lipinski definition) is 1. The van der Waals surface area contributed by atoms with Crippen molar-refractivity contribution in [3.8, 4) is 0 Å². The summed E-state index contributed by atoms with van der Waals surface area (Å²) >= 11 is 1.70. The first-order valence-corrected chi connectivity index (χ1v) is 11.3. The molecular formula is C19H25N3O3S2. The van der Waals surface area contributed by atoms with Crippen molar-refractivity contribution in [3.63, 3.8) is 0 Å². The van der Waals surface area contributed by atoms with Gasteiger partial charge in [-0.1, -0.05) is 12.1 Å². The first-order valence-electron chi connectivity index (χ1n) is 8.98. The molecule has 2 aromatic rings. The normalized spacial score (nSPS) is 16.6. The van der Waals surface area contributed by atoms with Gasteiger partial charge < -0.3 is 5.32 Å². The molecular weight excluding hydrogens is 382 g/mol. The number of thiophene rings is 1. The zero-order chi connectivity index (χ0) is 19.4. The van der Waals surface area contributed by atoms with Gasteiger partial charge in [0.05, 0.1) is 10.9 Å². The van der Waals surface area contributed by atoms with Crippen molar-refractivity contribution in [2.45, 2.75) is 23.8 Å². The van der Waals surface area contributed by atoms with Crippen molar-refractivity contribution >= 4 is 27.3 Å². The highest BCUT2D eigenvalue weighted by Crippen LogP contribution is 2.28. The first-order chi connectivity index (χ1) is 12.9. The molecule has 0 spiro atoms. The Bertz CT molecular complexity index is 873. The molecule has 2 heterocycles. The third-order valence-electron chi connectivity index (χ3n) is 4.78. The summed E-state index contributed by atoms with van der Waals surface area (Å²) in [5, 5.41) is 5.04. The fourth-order valence-electron chi connectivity index (χ4n) is 3.24. The Morgan fingerprint density at radius 1 is 1.22 bits per heavy atom. The molecule has 0 radical (unpaired) electrons. The summed E-state index contributed by atoms with van der Waals surface area (Å²) in [6, 6.07) is 10.5. The second-order valence-corrected chi connectivity index (χ2v) is 9.93. The van der Waals surface area contributed by atoms with Crippen LogP contribution in [0.1, 0.15) is 34.1 Å². The monoisotopic (exact) mass is 407 g/mol. The van der Waals surface area contributed by atoms with Crippen molar-refractivity contribution in [2.75, 3.05) is 33.7 Å². The Labute approximate surface area is 164 Å². The third kappa shape index (κ3) is 4.57. The molecule has 0 saturated carbocycles. The van der Waals surface area contributed by atoms with E-state index in [0.29, 0.717) is 12.1 Å². The average molecular weight is 408 g/mol. The molecule has 1 saturated heterocycles. The number of carbonyl (C=O) groups is 1. The van der Waals surface area contributed by atoms with Crippen LogP contribution in [0.25, 0.3) is 0 Å². The van der Waals surface area contributed by atoms with Crippen molar-refractivity contribution in [1.82, 2.24) is 14.5 Å². The van der Waals surface area contributed by atoms with E-state index in [4.69, 9.17) is 0 Å². The van der Waals surface area contributed by atoms with Gasteiger partial charge in [0, 0.05) is 31.1 Å². The molecule has 3 rings (SSSR count). The summed E-state index contributed by atoms with van der Waals surface area (Å²) in [6.07, 6.45) is 2.36. The predicted octanol–water partition coefficient (Wildman–Crippen LogP) is 2.57. The molecule has 8 heteroatoms. The SMILES string of the molecule is CN(C)S(=O)(=O)c1cccc(C(=O)NC[C@@H](c2cccs2)N2CCCC2)c1. The van der Waals surface area contributed by atoms with Gasteiger partial charge in [0.25, 0.3) is 5.91 Å². The van der Waals surface area contributed by atoms with E-state index in [1.165, 1.54) is 43.9 Å². The second kappa shape index (κ2) is 8.52. The number of sulfonamides is 1. The highest BCUT2D eigenvalue weighted by molar-refractivity contribution is 7.89. The van der Waals surface area contributed by atoms with Crippen LogP contribution in [0.5, 0.6) is 0 Å². The number of nitrogens with zero attached hydrogens (tertiary/aromatic N) is 2. The Balaban J connectivity index is 1.73. The fraction of sp³-hybridized carbons (Fsp3) is 0.421. The van der Waals surface area contributed by atoms with E-state index in [1.807, 2.05) is 6.07 Å². The highest BCUT2D eigenvalue weighted by Gasteiger charge is 2.25. The molecule has 146 valence electrons. The van der Waals surface area contributed by atoms with E-state index in [1.54, 1.807) is 23.5 Å². The van der Waals surface area contributed by atoms with E-state index in [9.17, 15) is 13.2 Å². The number of likely N-dealkylation sites (tertiary alicyclic amines) is 1. The lowest BCUT2D eigenvalue weighted by Gasteiger charge is -2.27. The molecule has 1 aromatic heterocycles. The number of nitrogens with one attached hydrogen (secondary N) is 1. The molecule has 1 fully saturated rings. The maximum atomic E-state index is 12.6. The smallest absolute Gasteiger partial charge is 0.251 e. The zero-order valence-electron chi connectivity index (χ0n) is 15.6. The highest BCUT2D eigenvalue weighted by atomic mass is 32.2. The quantitative estimate of drug-likeness (QED) is 0.766. The molecule has 1 aromatic carbocycles. The molecule has 0 bridgehead atoms. The number of benzene rings is 1. The van der Waals surface area contributed by atoms with Crippen LogP contribution in [0.2, 0.25) is 0 Å². The molecule has 1 amide bonds. The predicted molar refractivity (Wildman–Crippen MR) is 108 cm³/mol. The summed E-state index contributed by atoms with van der Waals surface area (Å²) in [5.74, 6) is -0.258. The molecule has 0 unspecified atom stereocenters. The van der Waals surface area contributed by atoms with Crippen molar-refractivity contribution < 1.29 is 13.2 Å². The van der Waals surface area contributed by atoms with Gasteiger partial charge in [0.1, 0.15) is 0 Å². The molecule has 1 aliphatic heterocycles. The lowest BCUT2D eigenvalue weighted by molar-refractivity contribution is 0.0938. The van der Waals surface area contributed by atoms with Gasteiger partial charge in [-0.25, -0.2) is 12.7 Å². The minimum Gasteiger partial charge on any atom is -0.350 e.